The van der Waals surface area contributed by atoms with E-state index in [2.05, 4.69) is 12.2 Å². The summed E-state index contributed by atoms with van der Waals surface area (Å²) in [4.78, 5) is 14.2. The fourth-order valence-corrected chi connectivity index (χ4v) is 2.27. The Bertz CT molecular complexity index is 389. The van der Waals surface area contributed by atoms with Crippen molar-refractivity contribution in [2.75, 3.05) is 20.1 Å². The van der Waals surface area contributed by atoms with E-state index in [-0.39, 0.29) is 11.9 Å². The number of rotatable bonds is 3. The fraction of sp³-hybridized carbons (Fsp3) is 0.462. The third-order valence-electron chi connectivity index (χ3n) is 3.16. The van der Waals surface area contributed by atoms with Gasteiger partial charge in [0.15, 0.2) is 0 Å². The number of nitrogens with zero attached hydrogens (tertiary/aromatic N) is 1. The molecule has 3 nitrogen and oxygen atoms in total. The number of carbonyl (C=O) groups excluding carboxylic acids is 1. The van der Waals surface area contributed by atoms with Crippen molar-refractivity contribution in [3.8, 4) is 0 Å². The zero-order valence-electron chi connectivity index (χ0n) is 9.86. The molecule has 0 aliphatic carbocycles. The molecule has 16 heavy (non-hydrogen) atoms. The molecular formula is C13H18N2O. The summed E-state index contributed by atoms with van der Waals surface area (Å²) in [6, 6.07) is 8.16. The number of hydrogen-bond donors (Lipinski definition) is 1. The molecule has 0 spiro atoms. The number of amides is 1. The first-order chi connectivity index (χ1) is 7.74. The fourth-order valence-electron chi connectivity index (χ4n) is 2.27. The Morgan fingerprint density at radius 2 is 2.19 bits per heavy atom. The van der Waals surface area contributed by atoms with Gasteiger partial charge in [-0.1, -0.05) is 18.2 Å². The number of benzene rings is 1. The minimum Gasteiger partial charge on any atom is -0.334 e. The highest BCUT2D eigenvalue weighted by atomic mass is 16.2. The van der Waals surface area contributed by atoms with Crippen LogP contribution in [0.3, 0.4) is 0 Å². The average Bonchev–Trinajstić information content (AvgIpc) is 2.30. The van der Waals surface area contributed by atoms with Crippen molar-refractivity contribution in [3.63, 3.8) is 0 Å². The molecule has 0 saturated heterocycles. The normalized spacial score (nSPS) is 17.1. The summed E-state index contributed by atoms with van der Waals surface area (Å²) in [5.41, 5.74) is 2.05. The monoisotopic (exact) mass is 218 g/mol. The van der Waals surface area contributed by atoms with Crippen LogP contribution in [-0.2, 0) is 6.42 Å². The van der Waals surface area contributed by atoms with E-state index in [4.69, 9.17) is 0 Å². The lowest BCUT2D eigenvalue weighted by Gasteiger charge is -2.33. The Morgan fingerprint density at radius 1 is 1.44 bits per heavy atom. The Balaban J connectivity index is 2.21. The van der Waals surface area contributed by atoms with Crippen LogP contribution < -0.4 is 5.32 Å². The van der Waals surface area contributed by atoms with Crippen molar-refractivity contribution in [2.45, 2.75) is 19.4 Å². The van der Waals surface area contributed by atoms with Crippen LogP contribution in [0, 0.1) is 0 Å². The molecule has 1 aromatic carbocycles. The van der Waals surface area contributed by atoms with Crippen LogP contribution in [0.2, 0.25) is 0 Å². The second-order valence-corrected chi connectivity index (χ2v) is 4.31. The molecule has 1 aliphatic heterocycles. The summed E-state index contributed by atoms with van der Waals surface area (Å²) in [5.74, 6) is 0.171. The number of carbonyl (C=O) groups is 1. The largest absolute Gasteiger partial charge is 0.334 e. The molecule has 2 rings (SSSR count). The Morgan fingerprint density at radius 3 is 2.94 bits per heavy atom. The summed E-state index contributed by atoms with van der Waals surface area (Å²) < 4.78 is 0. The van der Waals surface area contributed by atoms with Crippen molar-refractivity contribution >= 4 is 5.91 Å². The van der Waals surface area contributed by atoms with Gasteiger partial charge in [0.2, 0.25) is 0 Å². The lowest BCUT2D eigenvalue weighted by Crippen LogP contribution is -2.47. The highest BCUT2D eigenvalue weighted by Crippen LogP contribution is 2.19. The van der Waals surface area contributed by atoms with Crippen molar-refractivity contribution < 1.29 is 4.79 Å². The molecule has 0 saturated carbocycles. The summed E-state index contributed by atoms with van der Waals surface area (Å²) in [6.45, 7) is 3.76. The highest BCUT2D eigenvalue weighted by Gasteiger charge is 2.26. The summed E-state index contributed by atoms with van der Waals surface area (Å²) in [5, 5.41) is 3.12. The predicted molar refractivity (Wildman–Crippen MR) is 64.6 cm³/mol. The zero-order valence-corrected chi connectivity index (χ0v) is 9.86. The van der Waals surface area contributed by atoms with Gasteiger partial charge < -0.3 is 10.2 Å². The van der Waals surface area contributed by atoms with Crippen LogP contribution in [-0.4, -0.2) is 37.0 Å². The summed E-state index contributed by atoms with van der Waals surface area (Å²) in [6.07, 6.45) is 0.968. The Labute approximate surface area is 96.5 Å². The molecule has 1 N–H and O–H groups in total. The smallest absolute Gasteiger partial charge is 0.254 e. The molecule has 0 bridgehead atoms. The van der Waals surface area contributed by atoms with Crippen LogP contribution in [0.5, 0.6) is 0 Å². The highest BCUT2D eigenvalue weighted by molar-refractivity contribution is 5.96. The van der Waals surface area contributed by atoms with Crippen LogP contribution in [0.4, 0.5) is 0 Å². The second kappa shape index (κ2) is 4.66. The van der Waals surface area contributed by atoms with Crippen molar-refractivity contribution in [3.05, 3.63) is 35.4 Å². The van der Waals surface area contributed by atoms with Gasteiger partial charge >= 0.3 is 0 Å². The van der Waals surface area contributed by atoms with E-state index in [1.807, 2.05) is 36.2 Å². The van der Waals surface area contributed by atoms with E-state index >= 15 is 0 Å². The van der Waals surface area contributed by atoms with Gasteiger partial charge in [-0.25, -0.2) is 0 Å². The summed E-state index contributed by atoms with van der Waals surface area (Å²) in [7, 11) is 1.92. The van der Waals surface area contributed by atoms with E-state index in [0.29, 0.717) is 0 Å². The molecule has 86 valence electrons. The number of fused-ring (bicyclic) bond motifs is 1. The maximum absolute atomic E-state index is 12.2. The molecule has 0 radical (unpaired) electrons. The van der Waals surface area contributed by atoms with Gasteiger partial charge in [0.25, 0.3) is 5.91 Å². The van der Waals surface area contributed by atoms with E-state index in [1.54, 1.807) is 0 Å². The molecule has 1 atom stereocenters. The van der Waals surface area contributed by atoms with Gasteiger partial charge in [-0.2, -0.15) is 0 Å². The van der Waals surface area contributed by atoms with Crippen molar-refractivity contribution in [2.24, 2.45) is 0 Å². The van der Waals surface area contributed by atoms with Crippen molar-refractivity contribution in [1.29, 1.82) is 0 Å². The van der Waals surface area contributed by atoms with Crippen molar-refractivity contribution in [1.82, 2.24) is 10.2 Å². The third kappa shape index (κ3) is 1.95. The molecule has 1 heterocycles. The number of nitrogens with one attached hydrogen (secondary N) is 1. The van der Waals surface area contributed by atoms with E-state index < -0.39 is 0 Å². The Hall–Kier alpha value is -1.35. The standard InChI is InChI=1S/C13H18N2O/c1-10(9-14-2)15-8-7-11-5-3-4-6-12(11)13(15)16/h3-6,10,14H,7-9H2,1-2H3. The van der Waals surface area contributed by atoms with Crippen LogP contribution in [0.1, 0.15) is 22.8 Å². The maximum Gasteiger partial charge on any atom is 0.254 e. The van der Waals surface area contributed by atoms with Gasteiger partial charge in [-0.05, 0) is 32.0 Å². The van der Waals surface area contributed by atoms with E-state index in [1.165, 1.54) is 5.56 Å². The lowest BCUT2D eigenvalue weighted by atomic mass is 9.98. The lowest BCUT2D eigenvalue weighted by molar-refractivity contribution is 0.0675. The molecule has 1 aromatic rings. The molecule has 1 aliphatic rings. The van der Waals surface area contributed by atoms with Gasteiger partial charge in [-0.3, -0.25) is 4.79 Å². The van der Waals surface area contributed by atoms with Gasteiger partial charge in [-0.15, -0.1) is 0 Å². The average molecular weight is 218 g/mol. The molecule has 0 aromatic heterocycles. The number of hydrogen-bond acceptors (Lipinski definition) is 2. The first-order valence-electron chi connectivity index (χ1n) is 5.77. The number of likely N-dealkylation sites (N-methyl/N-ethyl adjacent to an activating group) is 1. The topological polar surface area (TPSA) is 32.3 Å². The first kappa shape index (κ1) is 11.1. The predicted octanol–water partition coefficient (Wildman–Crippen LogP) is 1.29. The van der Waals surface area contributed by atoms with Gasteiger partial charge in [0, 0.05) is 24.7 Å². The minimum atomic E-state index is 0.171. The zero-order chi connectivity index (χ0) is 11.5. The van der Waals surface area contributed by atoms with Crippen LogP contribution >= 0.6 is 0 Å². The summed E-state index contributed by atoms with van der Waals surface area (Å²) >= 11 is 0. The first-order valence-corrected chi connectivity index (χ1v) is 5.77. The third-order valence-corrected chi connectivity index (χ3v) is 3.16. The second-order valence-electron chi connectivity index (χ2n) is 4.31. The molecule has 1 amide bonds. The Kier molecular flexibility index (Phi) is 3.25. The molecule has 3 heteroatoms. The molecule has 1 unspecified atom stereocenters. The van der Waals surface area contributed by atoms with Crippen LogP contribution in [0.25, 0.3) is 0 Å². The minimum absolute atomic E-state index is 0.171. The maximum atomic E-state index is 12.2. The van der Waals surface area contributed by atoms with Gasteiger partial charge in [0.1, 0.15) is 0 Å². The quantitative estimate of drug-likeness (QED) is 0.829. The van der Waals surface area contributed by atoms with Crippen LogP contribution in [0.15, 0.2) is 24.3 Å². The van der Waals surface area contributed by atoms with E-state index in [9.17, 15) is 4.79 Å². The molecule has 0 fully saturated rings. The van der Waals surface area contributed by atoms with E-state index in [0.717, 1.165) is 25.1 Å². The van der Waals surface area contributed by atoms with Gasteiger partial charge in [0.05, 0.1) is 0 Å². The molecular weight excluding hydrogens is 200 g/mol. The SMILES string of the molecule is CNCC(C)N1CCc2ccccc2C1=O.